The quantitative estimate of drug-likeness (QED) is 0.846. The summed E-state index contributed by atoms with van der Waals surface area (Å²) >= 11 is 0. The summed E-state index contributed by atoms with van der Waals surface area (Å²) in [5.41, 5.74) is 1.55. The second kappa shape index (κ2) is 7.09. The van der Waals surface area contributed by atoms with Gasteiger partial charge in [0.2, 0.25) is 0 Å². The molecular formula is C19H30N6O2. The van der Waals surface area contributed by atoms with Crippen molar-refractivity contribution in [1.29, 1.82) is 0 Å². The van der Waals surface area contributed by atoms with E-state index in [0.29, 0.717) is 23.6 Å². The highest BCUT2D eigenvalue weighted by molar-refractivity contribution is 6.00. The number of aliphatic hydroxyl groups excluding tert-OH is 1. The molecule has 0 saturated carbocycles. The summed E-state index contributed by atoms with van der Waals surface area (Å²) in [6.07, 6.45) is 1.58. The molecule has 1 aliphatic rings. The van der Waals surface area contributed by atoms with E-state index < -0.39 is 6.35 Å². The number of anilines is 1. The molecular weight excluding hydrogens is 344 g/mol. The fraction of sp³-hybridized carbons (Fsp3) is 0.632. The lowest BCUT2D eigenvalue weighted by molar-refractivity contribution is 0.0193. The number of amides is 1. The molecule has 2 aromatic rings. The number of rotatable bonds is 4. The summed E-state index contributed by atoms with van der Waals surface area (Å²) < 4.78 is 1.71. The van der Waals surface area contributed by atoms with Crippen molar-refractivity contribution in [2.45, 2.75) is 65.9 Å². The van der Waals surface area contributed by atoms with Gasteiger partial charge in [-0.05, 0) is 41.0 Å². The van der Waals surface area contributed by atoms with Crippen molar-refractivity contribution < 1.29 is 9.90 Å². The van der Waals surface area contributed by atoms with Crippen LogP contribution in [0.1, 0.15) is 57.6 Å². The van der Waals surface area contributed by atoms with E-state index >= 15 is 0 Å². The maximum Gasteiger partial charge on any atom is 0.257 e. The molecule has 1 saturated heterocycles. The maximum absolute atomic E-state index is 12.7. The van der Waals surface area contributed by atoms with Crippen LogP contribution in [-0.4, -0.2) is 61.5 Å². The van der Waals surface area contributed by atoms with Crippen LogP contribution in [0, 0.1) is 0 Å². The largest absolute Gasteiger partial charge is 0.361 e. The number of nitrogens with zero attached hydrogens (tertiary/aromatic N) is 5. The highest BCUT2D eigenvalue weighted by atomic mass is 16.3. The molecule has 8 heteroatoms. The number of hydrogen-bond donors (Lipinski definition) is 2. The zero-order valence-corrected chi connectivity index (χ0v) is 17.0. The van der Waals surface area contributed by atoms with Crippen molar-refractivity contribution in [1.82, 2.24) is 24.8 Å². The zero-order chi connectivity index (χ0) is 19.9. The molecule has 1 atom stereocenters. The topological polar surface area (TPSA) is 86.0 Å². The van der Waals surface area contributed by atoms with Crippen LogP contribution in [-0.2, 0) is 6.42 Å². The van der Waals surface area contributed by atoms with E-state index in [1.807, 2.05) is 43.6 Å². The minimum Gasteiger partial charge on any atom is -0.361 e. The van der Waals surface area contributed by atoms with E-state index in [-0.39, 0.29) is 17.5 Å². The Morgan fingerprint density at radius 2 is 2.07 bits per heavy atom. The minimum atomic E-state index is -0.723. The van der Waals surface area contributed by atoms with Crippen LogP contribution in [0.25, 0.3) is 5.65 Å². The van der Waals surface area contributed by atoms with E-state index in [4.69, 9.17) is 4.98 Å². The molecule has 2 aromatic heterocycles. The lowest BCUT2D eigenvalue weighted by Crippen LogP contribution is -2.42. The molecule has 148 valence electrons. The number of carbonyl (C=O) groups is 1. The van der Waals surface area contributed by atoms with Crippen LogP contribution < -0.4 is 10.2 Å². The third-order valence-corrected chi connectivity index (χ3v) is 4.76. The zero-order valence-electron chi connectivity index (χ0n) is 17.0. The predicted octanol–water partition coefficient (Wildman–Crippen LogP) is 1.63. The molecule has 0 spiro atoms. The molecule has 27 heavy (non-hydrogen) atoms. The minimum absolute atomic E-state index is 0.199. The van der Waals surface area contributed by atoms with Crippen molar-refractivity contribution in [3.05, 3.63) is 23.5 Å². The molecule has 1 fully saturated rings. The van der Waals surface area contributed by atoms with E-state index in [2.05, 4.69) is 24.3 Å². The van der Waals surface area contributed by atoms with Crippen LogP contribution in [0.5, 0.6) is 0 Å². The Morgan fingerprint density at radius 1 is 1.37 bits per heavy atom. The van der Waals surface area contributed by atoms with Gasteiger partial charge in [0.15, 0.2) is 12.0 Å². The van der Waals surface area contributed by atoms with Gasteiger partial charge < -0.3 is 15.3 Å². The van der Waals surface area contributed by atoms with E-state index in [1.165, 1.54) is 0 Å². The van der Waals surface area contributed by atoms with Gasteiger partial charge in [0.25, 0.3) is 5.91 Å². The number of carbonyl (C=O) groups excluding carboxylic acids is 1. The number of nitrogens with one attached hydrogen (secondary N) is 1. The normalized spacial score (nSPS) is 18.7. The SMILES string of the molecule is CCc1cc(N2CCN(C(C)C)C2O)nc2c(C(=O)NC(C)(C)C)cnn12. The van der Waals surface area contributed by atoms with E-state index in [9.17, 15) is 9.90 Å². The molecule has 1 unspecified atom stereocenters. The molecule has 0 aliphatic carbocycles. The fourth-order valence-corrected chi connectivity index (χ4v) is 3.37. The molecule has 0 radical (unpaired) electrons. The highest BCUT2D eigenvalue weighted by Crippen LogP contribution is 2.25. The maximum atomic E-state index is 12.7. The monoisotopic (exact) mass is 374 g/mol. The van der Waals surface area contributed by atoms with Gasteiger partial charge in [0.05, 0.1) is 6.20 Å². The second-order valence-corrected chi connectivity index (χ2v) is 8.33. The van der Waals surface area contributed by atoms with E-state index in [1.54, 1.807) is 10.7 Å². The molecule has 2 N–H and O–H groups in total. The number of aromatic nitrogens is 3. The first-order valence-corrected chi connectivity index (χ1v) is 9.53. The first kappa shape index (κ1) is 19.6. The van der Waals surface area contributed by atoms with Crippen LogP contribution in [0.3, 0.4) is 0 Å². The third-order valence-electron chi connectivity index (χ3n) is 4.76. The Balaban J connectivity index is 2.03. The van der Waals surface area contributed by atoms with Crippen molar-refractivity contribution >= 4 is 17.4 Å². The van der Waals surface area contributed by atoms with Gasteiger partial charge >= 0.3 is 0 Å². The van der Waals surface area contributed by atoms with Gasteiger partial charge in [-0.3, -0.25) is 9.69 Å². The first-order chi connectivity index (χ1) is 12.6. The molecule has 0 bridgehead atoms. The van der Waals surface area contributed by atoms with Gasteiger partial charge in [0, 0.05) is 36.4 Å². The van der Waals surface area contributed by atoms with Gasteiger partial charge in [0.1, 0.15) is 11.4 Å². The molecule has 1 amide bonds. The summed E-state index contributed by atoms with van der Waals surface area (Å²) in [6, 6.07) is 2.18. The van der Waals surface area contributed by atoms with Gasteiger partial charge in [-0.25, -0.2) is 9.50 Å². The first-order valence-electron chi connectivity index (χ1n) is 9.53. The number of fused-ring (bicyclic) bond motifs is 1. The average molecular weight is 374 g/mol. The molecule has 8 nitrogen and oxygen atoms in total. The molecule has 0 aromatic carbocycles. The predicted molar refractivity (Wildman–Crippen MR) is 105 cm³/mol. The lowest BCUT2D eigenvalue weighted by Gasteiger charge is -2.28. The van der Waals surface area contributed by atoms with Crippen LogP contribution >= 0.6 is 0 Å². The summed E-state index contributed by atoms with van der Waals surface area (Å²) in [7, 11) is 0. The molecule has 3 heterocycles. The van der Waals surface area contributed by atoms with Crippen molar-refractivity contribution in [3.8, 4) is 0 Å². The Hall–Kier alpha value is -2.19. The smallest absolute Gasteiger partial charge is 0.257 e. The summed E-state index contributed by atoms with van der Waals surface area (Å²) in [5.74, 6) is 0.468. The van der Waals surface area contributed by atoms with Gasteiger partial charge in [-0.2, -0.15) is 5.10 Å². The molecule has 3 rings (SSSR count). The highest BCUT2D eigenvalue weighted by Gasteiger charge is 2.33. The van der Waals surface area contributed by atoms with Crippen molar-refractivity contribution in [2.75, 3.05) is 18.0 Å². The van der Waals surface area contributed by atoms with Crippen LogP contribution in [0.2, 0.25) is 0 Å². The van der Waals surface area contributed by atoms with Crippen molar-refractivity contribution in [2.24, 2.45) is 0 Å². The van der Waals surface area contributed by atoms with Gasteiger partial charge in [-0.1, -0.05) is 6.92 Å². The Labute approximate surface area is 160 Å². The Bertz CT molecular complexity index is 839. The van der Waals surface area contributed by atoms with Gasteiger partial charge in [-0.15, -0.1) is 0 Å². The lowest BCUT2D eigenvalue weighted by atomic mass is 10.1. The number of aryl methyl sites for hydroxylation is 1. The number of aliphatic hydroxyl groups is 1. The fourth-order valence-electron chi connectivity index (χ4n) is 3.37. The summed E-state index contributed by atoms with van der Waals surface area (Å²) in [4.78, 5) is 21.3. The summed E-state index contributed by atoms with van der Waals surface area (Å²) in [5, 5.41) is 18.0. The van der Waals surface area contributed by atoms with Crippen molar-refractivity contribution in [3.63, 3.8) is 0 Å². The van der Waals surface area contributed by atoms with E-state index in [0.717, 1.165) is 18.7 Å². The number of hydrogen-bond acceptors (Lipinski definition) is 6. The van der Waals surface area contributed by atoms with Crippen LogP contribution in [0.4, 0.5) is 5.82 Å². The second-order valence-electron chi connectivity index (χ2n) is 8.33. The Morgan fingerprint density at radius 3 is 2.63 bits per heavy atom. The standard InChI is InChI=1S/C19H30N6O2/c1-7-13-10-15(24-9-8-23(12(2)3)18(24)27)21-16-14(11-20-25(13)16)17(26)22-19(4,5)6/h10-12,18,27H,7-9H2,1-6H3,(H,22,26). The average Bonchev–Trinajstić information content (AvgIpc) is 3.15. The van der Waals surface area contributed by atoms with Crippen LogP contribution in [0.15, 0.2) is 12.3 Å². The third kappa shape index (κ3) is 3.77. The molecule has 1 aliphatic heterocycles. The Kier molecular flexibility index (Phi) is 5.14. The summed E-state index contributed by atoms with van der Waals surface area (Å²) in [6.45, 7) is 13.4.